The lowest BCUT2D eigenvalue weighted by atomic mass is 10.1. The molecule has 0 spiro atoms. The van der Waals surface area contributed by atoms with E-state index in [4.69, 9.17) is 9.57 Å². The average Bonchev–Trinajstić information content (AvgIpc) is 2.93. The molecule has 3 aromatic rings. The van der Waals surface area contributed by atoms with Gasteiger partial charge < -0.3 is 15.0 Å². The molecule has 0 aromatic heterocycles. The number of ether oxygens (including phenoxy) is 1. The summed E-state index contributed by atoms with van der Waals surface area (Å²) in [5.74, 6) is -0.345. The van der Waals surface area contributed by atoms with E-state index in [1.807, 2.05) is 11.0 Å². The molecule has 9 heteroatoms. The molecule has 2 heterocycles. The van der Waals surface area contributed by atoms with E-state index in [1.165, 1.54) is 15.7 Å². The standard InChI is InChI=1S/C27H30N4O4S/c32-26(29-35-25-7-3-4-18-34-25)21-8-11-23(12-9-21)28-27(33)30-14-16-31(17-15-30)36-24-13-10-20-5-1-2-6-22(20)19-24/h1-2,5-6,8-13,19,25H,3-4,7,14-18H2,(H,28,33)(H,29,32). The molecule has 0 radical (unpaired) electrons. The van der Waals surface area contributed by atoms with Crippen LogP contribution in [-0.4, -0.2) is 60.2 Å². The summed E-state index contributed by atoms with van der Waals surface area (Å²) in [6.07, 6.45) is 2.41. The van der Waals surface area contributed by atoms with Crippen molar-refractivity contribution in [1.82, 2.24) is 14.7 Å². The Bertz CT molecular complexity index is 1190. The first kappa shape index (κ1) is 24.6. The first-order valence-electron chi connectivity index (χ1n) is 12.3. The zero-order valence-electron chi connectivity index (χ0n) is 20.0. The van der Waals surface area contributed by atoms with E-state index in [1.54, 1.807) is 36.2 Å². The number of nitrogens with one attached hydrogen (secondary N) is 2. The molecule has 0 saturated carbocycles. The highest BCUT2D eigenvalue weighted by Crippen LogP contribution is 2.27. The van der Waals surface area contributed by atoms with Crippen molar-refractivity contribution < 1.29 is 19.2 Å². The summed E-state index contributed by atoms with van der Waals surface area (Å²) in [6.45, 7) is 3.51. The Morgan fingerprint density at radius 3 is 2.44 bits per heavy atom. The number of carbonyl (C=O) groups excluding carboxylic acids is 2. The normalized spacial score (nSPS) is 18.7. The zero-order chi connectivity index (χ0) is 24.7. The Hall–Kier alpha value is -3.11. The number of nitrogens with zero attached hydrogens (tertiary/aromatic N) is 2. The highest BCUT2D eigenvalue weighted by atomic mass is 32.2. The third-order valence-corrected chi connectivity index (χ3v) is 7.39. The quantitative estimate of drug-likeness (QED) is 0.366. The van der Waals surface area contributed by atoms with E-state index in [9.17, 15) is 9.59 Å². The molecule has 3 aromatic carbocycles. The van der Waals surface area contributed by atoms with Crippen LogP contribution < -0.4 is 10.8 Å². The summed E-state index contributed by atoms with van der Waals surface area (Å²) in [7, 11) is 0. The van der Waals surface area contributed by atoms with E-state index < -0.39 is 6.29 Å². The van der Waals surface area contributed by atoms with Gasteiger partial charge in [0.2, 0.25) is 0 Å². The number of anilines is 1. The van der Waals surface area contributed by atoms with E-state index in [0.29, 0.717) is 30.9 Å². The van der Waals surface area contributed by atoms with Gasteiger partial charge >= 0.3 is 6.03 Å². The van der Waals surface area contributed by atoms with E-state index in [2.05, 4.69) is 51.5 Å². The van der Waals surface area contributed by atoms with Crippen LogP contribution >= 0.6 is 11.9 Å². The van der Waals surface area contributed by atoms with Gasteiger partial charge in [-0.15, -0.1) is 0 Å². The topological polar surface area (TPSA) is 83.1 Å². The van der Waals surface area contributed by atoms with E-state index in [-0.39, 0.29) is 11.9 Å². The van der Waals surface area contributed by atoms with E-state index in [0.717, 1.165) is 32.4 Å². The van der Waals surface area contributed by atoms with Crippen molar-refractivity contribution in [3.63, 3.8) is 0 Å². The van der Waals surface area contributed by atoms with Crippen LogP contribution in [0.4, 0.5) is 10.5 Å². The molecule has 2 N–H and O–H groups in total. The molecule has 8 nitrogen and oxygen atoms in total. The molecule has 2 saturated heterocycles. The van der Waals surface area contributed by atoms with Crippen molar-refractivity contribution in [2.24, 2.45) is 0 Å². The van der Waals surface area contributed by atoms with Crippen molar-refractivity contribution in [3.05, 3.63) is 72.3 Å². The van der Waals surface area contributed by atoms with Gasteiger partial charge in [-0.25, -0.2) is 19.4 Å². The number of piperazine rings is 1. The fourth-order valence-electron chi connectivity index (χ4n) is 4.25. The summed E-state index contributed by atoms with van der Waals surface area (Å²) in [5.41, 5.74) is 3.53. The smallest absolute Gasteiger partial charge is 0.321 e. The van der Waals surface area contributed by atoms with Crippen LogP contribution in [0.3, 0.4) is 0 Å². The number of urea groups is 1. The van der Waals surface area contributed by atoms with Gasteiger partial charge in [0.1, 0.15) is 0 Å². The van der Waals surface area contributed by atoms with Crippen LogP contribution in [0.2, 0.25) is 0 Å². The van der Waals surface area contributed by atoms with Crippen LogP contribution in [0.5, 0.6) is 0 Å². The number of carbonyl (C=O) groups is 2. The van der Waals surface area contributed by atoms with Gasteiger partial charge in [0.05, 0.1) is 0 Å². The van der Waals surface area contributed by atoms with Gasteiger partial charge in [-0.3, -0.25) is 4.79 Å². The van der Waals surface area contributed by atoms with Gasteiger partial charge in [0.15, 0.2) is 6.29 Å². The molecule has 5 rings (SSSR count). The molecule has 0 aliphatic carbocycles. The summed E-state index contributed by atoms with van der Waals surface area (Å²) in [4.78, 5) is 33.4. The number of amides is 3. The molecule has 2 fully saturated rings. The van der Waals surface area contributed by atoms with Gasteiger partial charge in [0, 0.05) is 55.4 Å². The first-order valence-corrected chi connectivity index (χ1v) is 13.1. The van der Waals surface area contributed by atoms with Crippen molar-refractivity contribution in [2.75, 3.05) is 38.1 Å². The predicted molar refractivity (Wildman–Crippen MR) is 141 cm³/mol. The second-order valence-electron chi connectivity index (χ2n) is 8.87. The van der Waals surface area contributed by atoms with Crippen LogP contribution in [0.1, 0.15) is 29.6 Å². The maximum Gasteiger partial charge on any atom is 0.321 e. The molecule has 2 aliphatic rings. The number of rotatable bonds is 6. The Morgan fingerprint density at radius 1 is 0.917 bits per heavy atom. The maximum absolute atomic E-state index is 12.8. The lowest BCUT2D eigenvalue weighted by Gasteiger charge is -2.33. The van der Waals surface area contributed by atoms with Crippen LogP contribution in [0, 0.1) is 0 Å². The predicted octanol–water partition coefficient (Wildman–Crippen LogP) is 4.88. The molecule has 188 valence electrons. The number of benzene rings is 3. The van der Waals surface area contributed by atoms with Crippen LogP contribution in [-0.2, 0) is 9.57 Å². The second-order valence-corrected chi connectivity index (χ2v) is 10.0. The highest BCUT2D eigenvalue weighted by molar-refractivity contribution is 7.97. The molecule has 2 aliphatic heterocycles. The minimum absolute atomic E-state index is 0.139. The molecule has 0 bridgehead atoms. The first-order chi connectivity index (χ1) is 17.6. The van der Waals surface area contributed by atoms with Crippen molar-refractivity contribution >= 4 is 40.3 Å². The number of hydrogen-bond donors (Lipinski definition) is 2. The molecule has 1 atom stereocenters. The van der Waals surface area contributed by atoms with Gasteiger partial charge in [-0.1, -0.05) is 30.3 Å². The molecule has 1 unspecified atom stereocenters. The fraction of sp³-hybridized carbons (Fsp3) is 0.333. The van der Waals surface area contributed by atoms with Crippen molar-refractivity contribution in [2.45, 2.75) is 30.4 Å². The fourth-order valence-corrected chi connectivity index (χ4v) is 5.20. The Kier molecular flexibility index (Phi) is 8.02. The van der Waals surface area contributed by atoms with Crippen molar-refractivity contribution in [3.8, 4) is 0 Å². The van der Waals surface area contributed by atoms with Gasteiger partial charge in [-0.05, 0) is 72.0 Å². The third kappa shape index (κ3) is 6.36. The lowest BCUT2D eigenvalue weighted by Crippen LogP contribution is -2.47. The molecular formula is C27H30N4O4S. The SMILES string of the molecule is O=C(NOC1CCCCO1)c1ccc(NC(=O)N2CCN(Sc3ccc4ccccc4c3)CC2)cc1. The number of fused-ring (bicyclic) bond motifs is 1. The minimum atomic E-state index is -0.396. The van der Waals surface area contributed by atoms with Crippen molar-refractivity contribution in [1.29, 1.82) is 0 Å². The average molecular weight is 507 g/mol. The number of hydrogen-bond acceptors (Lipinski definition) is 6. The number of hydroxylamine groups is 1. The summed E-state index contributed by atoms with van der Waals surface area (Å²) < 4.78 is 7.74. The Morgan fingerprint density at radius 2 is 1.69 bits per heavy atom. The Labute approximate surface area is 215 Å². The largest absolute Gasteiger partial charge is 0.350 e. The summed E-state index contributed by atoms with van der Waals surface area (Å²) in [6, 6.07) is 21.5. The van der Waals surface area contributed by atoms with Crippen LogP contribution in [0.25, 0.3) is 10.8 Å². The minimum Gasteiger partial charge on any atom is -0.350 e. The summed E-state index contributed by atoms with van der Waals surface area (Å²) >= 11 is 1.73. The molecular weight excluding hydrogens is 476 g/mol. The maximum atomic E-state index is 12.8. The monoisotopic (exact) mass is 506 g/mol. The Balaban J connectivity index is 1.06. The van der Waals surface area contributed by atoms with Gasteiger partial charge in [0.25, 0.3) is 5.91 Å². The zero-order valence-corrected chi connectivity index (χ0v) is 20.8. The third-order valence-electron chi connectivity index (χ3n) is 6.30. The van der Waals surface area contributed by atoms with Crippen LogP contribution in [0.15, 0.2) is 71.6 Å². The highest BCUT2D eigenvalue weighted by Gasteiger charge is 2.22. The molecule has 3 amide bonds. The lowest BCUT2D eigenvalue weighted by molar-refractivity contribution is -0.186. The summed E-state index contributed by atoms with van der Waals surface area (Å²) in [5, 5.41) is 5.39. The molecule has 36 heavy (non-hydrogen) atoms. The van der Waals surface area contributed by atoms with E-state index >= 15 is 0 Å². The second kappa shape index (κ2) is 11.7. The van der Waals surface area contributed by atoms with Gasteiger partial charge in [-0.2, -0.15) is 0 Å².